The molecule has 0 amide bonds. The highest BCUT2D eigenvalue weighted by Crippen LogP contribution is 2.84. The van der Waals surface area contributed by atoms with Gasteiger partial charge in [0.1, 0.15) is 0 Å². The van der Waals surface area contributed by atoms with Crippen LogP contribution in [0.4, 0.5) is 0 Å². The van der Waals surface area contributed by atoms with Crippen LogP contribution in [0.5, 0.6) is 0 Å². The molecule has 98 valence electrons. The molecule has 0 aromatic rings. The Labute approximate surface area is 104 Å². The molecule has 1 nitrogen and oxygen atoms in total. The first kappa shape index (κ1) is 16.4. The van der Waals surface area contributed by atoms with Gasteiger partial charge in [-0.05, 0) is 62.3 Å². The second-order valence-corrected chi connectivity index (χ2v) is 14.1. The summed E-state index contributed by atoms with van der Waals surface area (Å²) >= 11 is 0. The molecular formula is C14H33NP+. The summed E-state index contributed by atoms with van der Waals surface area (Å²) in [5, 5.41) is 1.02. The molecule has 0 rings (SSSR count). The van der Waals surface area contributed by atoms with Crippen molar-refractivity contribution >= 4 is 7.41 Å². The van der Waals surface area contributed by atoms with E-state index in [0.29, 0.717) is 15.5 Å². The monoisotopic (exact) mass is 246 g/mol. The van der Waals surface area contributed by atoms with Crippen LogP contribution in [0.15, 0.2) is 0 Å². The molecule has 0 aromatic carbocycles. The van der Waals surface area contributed by atoms with E-state index in [2.05, 4.69) is 81.1 Å². The topological polar surface area (TPSA) is 3.24 Å². The lowest BCUT2D eigenvalue weighted by molar-refractivity contribution is 0.508. The molecule has 0 heterocycles. The summed E-state index contributed by atoms with van der Waals surface area (Å²) in [6.45, 7) is 21.7. The second kappa shape index (κ2) is 4.25. The van der Waals surface area contributed by atoms with Gasteiger partial charge >= 0.3 is 0 Å². The van der Waals surface area contributed by atoms with E-state index >= 15 is 0 Å². The van der Waals surface area contributed by atoms with Crippen molar-refractivity contribution in [3.8, 4) is 0 Å². The molecule has 0 N–H and O–H groups in total. The van der Waals surface area contributed by atoms with E-state index in [1.807, 2.05) is 0 Å². The largest absolute Gasteiger partial charge is 0.185 e. The van der Waals surface area contributed by atoms with Crippen molar-refractivity contribution in [1.82, 2.24) is 4.67 Å². The Bertz CT molecular complexity index is 199. The lowest BCUT2D eigenvalue weighted by atomic mass is 10.2. The van der Waals surface area contributed by atoms with Gasteiger partial charge < -0.3 is 0 Å². The quantitative estimate of drug-likeness (QED) is 0.596. The minimum atomic E-state index is -1.29. The van der Waals surface area contributed by atoms with Gasteiger partial charge in [0.15, 0.2) is 0 Å². The first-order valence-corrected chi connectivity index (χ1v) is 8.01. The molecule has 0 saturated carbocycles. The summed E-state index contributed by atoms with van der Waals surface area (Å²) in [6.07, 6.45) is 0. The number of nitrogens with zero attached hydrogens (tertiary/aromatic N) is 1. The van der Waals surface area contributed by atoms with Crippen molar-refractivity contribution in [3.63, 3.8) is 0 Å². The molecule has 0 radical (unpaired) electrons. The lowest BCUT2D eigenvalue weighted by Gasteiger charge is -2.56. The van der Waals surface area contributed by atoms with Crippen LogP contribution in [-0.2, 0) is 0 Å². The SMILES string of the molecule is CN(C)[P+](C(C)(C)C)(C(C)(C)C)C(C)(C)C. The molecule has 0 aliphatic heterocycles. The van der Waals surface area contributed by atoms with Crippen LogP contribution >= 0.6 is 7.41 Å². The van der Waals surface area contributed by atoms with E-state index < -0.39 is 7.41 Å². The van der Waals surface area contributed by atoms with Gasteiger partial charge in [0.2, 0.25) is 0 Å². The summed E-state index contributed by atoms with van der Waals surface area (Å²) in [6, 6.07) is 0. The Morgan fingerprint density at radius 1 is 0.562 bits per heavy atom. The van der Waals surface area contributed by atoms with Crippen molar-refractivity contribution in [1.29, 1.82) is 0 Å². The fourth-order valence-corrected chi connectivity index (χ4v) is 14.5. The highest BCUT2D eigenvalue weighted by Gasteiger charge is 2.66. The average Bonchev–Trinajstić information content (AvgIpc) is 1.71. The Morgan fingerprint density at radius 2 is 0.750 bits per heavy atom. The summed E-state index contributed by atoms with van der Waals surface area (Å²) in [4.78, 5) is 0. The third-order valence-electron chi connectivity index (χ3n) is 3.51. The van der Waals surface area contributed by atoms with E-state index in [1.54, 1.807) is 0 Å². The van der Waals surface area contributed by atoms with E-state index in [4.69, 9.17) is 0 Å². The normalized spacial score (nSPS) is 15.8. The van der Waals surface area contributed by atoms with E-state index in [0.717, 1.165) is 0 Å². The van der Waals surface area contributed by atoms with E-state index in [-0.39, 0.29) is 0 Å². The van der Waals surface area contributed by atoms with Crippen LogP contribution in [0.3, 0.4) is 0 Å². The van der Waals surface area contributed by atoms with Crippen molar-refractivity contribution < 1.29 is 0 Å². The molecule has 0 bridgehead atoms. The third kappa shape index (κ3) is 2.31. The standard InChI is InChI=1S/C14H33NP/c1-12(2,3)16(15(10)11,13(4,5)6)14(7,8)9/h1-11H3/q+1. The van der Waals surface area contributed by atoms with Crippen LogP contribution in [0.1, 0.15) is 62.3 Å². The highest BCUT2D eigenvalue weighted by atomic mass is 31.2. The van der Waals surface area contributed by atoms with Crippen molar-refractivity contribution in [2.45, 2.75) is 77.8 Å². The molecule has 16 heavy (non-hydrogen) atoms. The van der Waals surface area contributed by atoms with Gasteiger partial charge in [-0.3, -0.25) is 0 Å². The Kier molecular flexibility index (Phi) is 4.35. The van der Waals surface area contributed by atoms with Crippen molar-refractivity contribution in [3.05, 3.63) is 0 Å². The van der Waals surface area contributed by atoms with Crippen LogP contribution in [0.2, 0.25) is 0 Å². The van der Waals surface area contributed by atoms with Crippen LogP contribution in [0.25, 0.3) is 0 Å². The van der Waals surface area contributed by atoms with Crippen molar-refractivity contribution in [2.24, 2.45) is 0 Å². The predicted molar refractivity (Wildman–Crippen MR) is 79.9 cm³/mol. The van der Waals surface area contributed by atoms with Crippen LogP contribution in [0, 0.1) is 0 Å². The maximum absolute atomic E-state index is 2.55. The smallest absolute Gasteiger partial charge is 0.0979 e. The molecule has 0 fully saturated rings. The first-order chi connectivity index (χ1) is 6.69. The van der Waals surface area contributed by atoms with Crippen LogP contribution < -0.4 is 0 Å². The number of hydrogen-bond acceptors (Lipinski definition) is 1. The van der Waals surface area contributed by atoms with Gasteiger partial charge in [-0.2, -0.15) is 4.67 Å². The summed E-state index contributed by atoms with van der Waals surface area (Å²) in [7, 11) is 3.26. The number of hydrogen-bond donors (Lipinski definition) is 0. The molecule has 0 unspecified atom stereocenters. The Morgan fingerprint density at radius 3 is 0.750 bits per heavy atom. The summed E-state index contributed by atoms with van der Waals surface area (Å²) in [5.41, 5.74) is 0. The van der Waals surface area contributed by atoms with Gasteiger partial charge in [0, 0.05) is 14.1 Å². The fourth-order valence-electron chi connectivity index (χ4n) is 4.82. The zero-order valence-corrected chi connectivity index (χ0v) is 14.3. The third-order valence-corrected chi connectivity index (χ3v) is 10.5. The average molecular weight is 246 g/mol. The van der Waals surface area contributed by atoms with Crippen molar-refractivity contribution in [2.75, 3.05) is 14.1 Å². The van der Waals surface area contributed by atoms with Crippen LogP contribution in [-0.4, -0.2) is 34.2 Å². The van der Waals surface area contributed by atoms with E-state index in [1.165, 1.54) is 0 Å². The molecule has 2 heteroatoms. The maximum atomic E-state index is 2.55. The lowest BCUT2D eigenvalue weighted by Crippen LogP contribution is -2.50. The summed E-state index contributed by atoms with van der Waals surface area (Å²) < 4.78 is 2.55. The fraction of sp³-hybridized carbons (Fsp3) is 1.00. The van der Waals surface area contributed by atoms with Gasteiger partial charge in [-0.1, -0.05) is 0 Å². The zero-order valence-electron chi connectivity index (χ0n) is 13.4. The van der Waals surface area contributed by atoms with Gasteiger partial charge in [0.25, 0.3) is 0 Å². The minimum absolute atomic E-state index is 0.340. The zero-order chi connectivity index (χ0) is 13.6. The van der Waals surface area contributed by atoms with E-state index in [9.17, 15) is 0 Å². The molecule has 0 aliphatic rings. The maximum Gasteiger partial charge on any atom is 0.0979 e. The molecule has 0 spiro atoms. The second-order valence-electron chi connectivity index (χ2n) is 8.00. The molecule has 0 saturated heterocycles. The Balaban J connectivity index is 6.05. The summed E-state index contributed by atoms with van der Waals surface area (Å²) in [5.74, 6) is 0. The molecule has 0 atom stereocenters. The predicted octanol–water partition coefficient (Wildman–Crippen LogP) is 4.88. The van der Waals surface area contributed by atoms with Gasteiger partial charge in [-0.15, -0.1) is 0 Å². The number of rotatable bonds is 1. The molecular weight excluding hydrogens is 213 g/mol. The Hall–Kier alpha value is 0.390. The first-order valence-electron chi connectivity index (χ1n) is 6.27. The molecule has 0 aliphatic carbocycles. The van der Waals surface area contributed by atoms with Gasteiger partial charge in [-0.25, -0.2) is 0 Å². The molecule has 0 aromatic heterocycles. The van der Waals surface area contributed by atoms with Gasteiger partial charge in [0.05, 0.1) is 22.9 Å². The minimum Gasteiger partial charge on any atom is -0.185 e. The highest BCUT2D eigenvalue weighted by molar-refractivity contribution is 7.77.